The monoisotopic (exact) mass is 327 g/mol. The zero-order valence-electron chi connectivity index (χ0n) is 10.3. The molecule has 96 valence electrons. The van der Waals surface area contributed by atoms with Gasteiger partial charge in [0.05, 0.1) is 9.83 Å². The van der Waals surface area contributed by atoms with Gasteiger partial charge < -0.3 is 5.32 Å². The molecule has 1 N–H and O–H groups in total. The lowest BCUT2D eigenvalue weighted by Crippen LogP contribution is -2.21. The van der Waals surface area contributed by atoms with E-state index in [0.29, 0.717) is 0 Å². The van der Waals surface area contributed by atoms with Gasteiger partial charge in [0.25, 0.3) is 0 Å². The van der Waals surface area contributed by atoms with E-state index in [4.69, 9.17) is 0 Å². The van der Waals surface area contributed by atoms with Crippen molar-refractivity contribution in [1.82, 2.24) is 5.32 Å². The molecular formula is C14H15BrFNS. The van der Waals surface area contributed by atoms with Gasteiger partial charge in [-0.1, -0.05) is 13.0 Å². The first-order valence-electron chi connectivity index (χ1n) is 5.86. The first-order valence-corrected chi connectivity index (χ1v) is 7.47. The Bertz CT molecular complexity index is 518. The van der Waals surface area contributed by atoms with Gasteiger partial charge in [0.1, 0.15) is 5.82 Å². The summed E-state index contributed by atoms with van der Waals surface area (Å²) in [6.07, 6.45) is 0. The number of hydrogen-bond acceptors (Lipinski definition) is 2. The number of thiophene rings is 1. The van der Waals surface area contributed by atoms with Crippen molar-refractivity contribution in [3.63, 3.8) is 0 Å². The fraction of sp³-hybridized carbons (Fsp3) is 0.286. The minimum Gasteiger partial charge on any atom is -0.306 e. The normalized spacial score (nSPS) is 12.7. The second-order valence-electron chi connectivity index (χ2n) is 4.19. The zero-order chi connectivity index (χ0) is 13.1. The third-order valence-electron chi connectivity index (χ3n) is 2.68. The van der Waals surface area contributed by atoms with Gasteiger partial charge >= 0.3 is 0 Å². The van der Waals surface area contributed by atoms with E-state index in [1.807, 2.05) is 19.1 Å². The van der Waals surface area contributed by atoms with Crippen LogP contribution in [0.25, 0.3) is 0 Å². The Labute approximate surface area is 119 Å². The molecule has 1 nitrogen and oxygen atoms in total. The van der Waals surface area contributed by atoms with Crippen LogP contribution in [0.4, 0.5) is 4.39 Å². The standard InChI is InChI=1S/C14H15BrFNS/c1-3-17-14(12-4-5-13(15)18-12)10-6-9(2)7-11(16)8-10/h4-8,14,17H,3H2,1-2H3. The molecule has 1 heterocycles. The molecule has 2 aromatic rings. The van der Waals surface area contributed by atoms with Gasteiger partial charge in [-0.3, -0.25) is 0 Å². The van der Waals surface area contributed by atoms with Gasteiger partial charge in [-0.2, -0.15) is 0 Å². The highest BCUT2D eigenvalue weighted by atomic mass is 79.9. The molecule has 1 aromatic heterocycles. The van der Waals surface area contributed by atoms with Crippen LogP contribution in [0.3, 0.4) is 0 Å². The second kappa shape index (κ2) is 5.95. The van der Waals surface area contributed by atoms with Crippen LogP contribution in [0.1, 0.15) is 29.0 Å². The van der Waals surface area contributed by atoms with Gasteiger partial charge in [0.2, 0.25) is 0 Å². The van der Waals surface area contributed by atoms with E-state index < -0.39 is 0 Å². The van der Waals surface area contributed by atoms with Crippen molar-refractivity contribution in [1.29, 1.82) is 0 Å². The average Bonchev–Trinajstić information content (AvgIpc) is 2.71. The van der Waals surface area contributed by atoms with Crippen LogP contribution in [0.5, 0.6) is 0 Å². The van der Waals surface area contributed by atoms with Crippen LogP contribution in [0.2, 0.25) is 0 Å². The number of hydrogen-bond donors (Lipinski definition) is 1. The quantitative estimate of drug-likeness (QED) is 0.861. The molecule has 1 atom stereocenters. The van der Waals surface area contributed by atoms with Gasteiger partial charge in [0.15, 0.2) is 0 Å². The Balaban J connectivity index is 2.40. The summed E-state index contributed by atoms with van der Waals surface area (Å²) in [4.78, 5) is 1.19. The first kappa shape index (κ1) is 13.7. The molecule has 0 fully saturated rings. The highest BCUT2D eigenvalue weighted by molar-refractivity contribution is 9.11. The summed E-state index contributed by atoms with van der Waals surface area (Å²) in [5.74, 6) is -0.177. The predicted molar refractivity (Wildman–Crippen MR) is 78.7 cm³/mol. The zero-order valence-corrected chi connectivity index (χ0v) is 12.7. The Morgan fingerprint density at radius 3 is 2.67 bits per heavy atom. The van der Waals surface area contributed by atoms with Crippen LogP contribution >= 0.6 is 27.3 Å². The molecule has 0 saturated carbocycles. The third-order valence-corrected chi connectivity index (χ3v) is 4.37. The molecule has 0 aliphatic rings. The third kappa shape index (κ3) is 3.19. The largest absolute Gasteiger partial charge is 0.306 e. The molecule has 0 spiro atoms. The van der Waals surface area contributed by atoms with Crippen LogP contribution in [-0.4, -0.2) is 6.54 Å². The van der Waals surface area contributed by atoms with E-state index in [1.54, 1.807) is 23.5 Å². The van der Waals surface area contributed by atoms with Crippen molar-refractivity contribution in [3.05, 3.63) is 55.9 Å². The molecule has 0 amide bonds. The first-order chi connectivity index (χ1) is 8.60. The Morgan fingerprint density at radius 2 is 2.11 bits per heavy atom. The lowest BCUT2D eigenvalue weighted by atomic mass is 10.0. The summed E-state index contributed by atoms with van der Waals surface area (Å²) in [5.41, 5.74) is 1.92. The van der Waals surface area contributed by atoms with Gasteiger partial charge in [0, 0.05) is 4.88 Å². The minimum atomic E-state index is -0.177. The topological polar surface area (TPSA) is 12.0 Å². The number of nitrogens with one attached hydrogen (secondary N) is 1. The fourth-order valence-electron chi connectivity index (χ4n) is 2.00. The minimum absolute atomic E-state index is 0.0562. The summed E-state index contributed by atoms with van der Waals surface area (Å²) in [6, 6.07) is 9.34. The summed E-state index contributed by atoms with van der Waals surface area (Å²) >= 11 is 5.14. The van der Waals surface area contributed by atoms with Crippen molar-refractivity contribution < 1.29 is 4.39 Å². The average molecular weight is 328 g/mol. The summed E-state index contributed by atoms with van der Waals surface area (Å²) in [7, 11) is 0. The van der Waals surface area contributed by atoms with Gasteiger partial charge in [-0.05, 0) is 64.8 Å². The van der Waals surface area contributed by atoms with E-state index >= 15 is 0 Å². The fourth-order valence-corrected chi connectivity index (χ4v) is 3.53. The van der Waals surface area contributed by atoms with E-state index in [2.05, 4.69) is 34.2 Å². The summed E-state index contributed by atoms with van der Waals surface area (Å²) < 4.78 is 14.6. The molecule has 1 aromatic carbocycles. The SMILES string of the molecule is CCNC(c1cc(C)cc(F)c1)c1ccc(Br)s1. The molecule has 1 unspecified atom stereocenters. The Morgan fingerprint density at radius 1 is 1.33 bits per heavy atom. The molecule has 0 radical (unpaired) electrons. The highest BCUT2D eigenvalue weighted by Gasteiger charge is 2.16. The van der Waals surface area contributed by atoms with Crippen molar-refractivity contribution in [2.24, 2.45) is 0 Å². The molecule has 18 heavy (non-hydrogen) atoms. The Kier molecular flexibility index (Phi) is 4.54. The molecule has 0 aliphatic heterocycles. The maximum atomic E-state index is 13.5. The predicted octanol–water partition coefficient (Wildman–Crippen LogP) is 4.66. The molecule has 4 heteroatoms. The van der Waals surface area contributed by atoms with Crippen molar-refractivity contribution in [2.45, 2.75) is 19.9 Å². The van der Waals surface area contributed by atoms with Crippen molar-refractivity contribution in [3.8, 4) is 0 Å². The Hall–Kier alpha value is -0.710. The van der Waals surface area contributed by atoms with E-state index in [0.717, 1.165) is 21.5 Å². The molecule has 0 saturated heterocycles. The summed E-state index contributed by atoms with van der Waals surface area (Å²) in [6.45, 7) is 4.82. The van der Waals surface area contributed by atoms with E-state index in [1.165, 1.54) is 4.88 Å². The van der Waals surface area contributed by atoms with Gasteiger partial charge in [-0.25, -0.2) is 4.39 Å². The van der Waals surface area contributed by atoms with Crippen LogP contribution < -0.4 is 5.32 Å². The van der Waals surface area contributed by atoms with Crippen LogP contribution in [0, 0.1) is 12.7 Å². The van der Waals surface area contributed by atoms with E-state index in [-0.39, 0.29) is 11.9 Å². The van der Waals surface area contributed by atoms with Crippen molar-refractivity contribution >= 4 is 27.3 Å². The van der Waals surface area contributed by atoms with Crippen LogP contribution in [0.15, 0.2) is 34.1 Å². The van der Waals surface area contributed by atoms with Gasteiger partial charge in [-0.15, -0.1) is 11.3 Å². The van der Waals surface area contributed by atoms with Crippen LogP contribution in [-0.2, 0) is 0 Å². The number of aryl methyl sites for hydroxylation is 1. The molecule has 0 aliphatic carbocycles. The highest BCUT2D eigenvalue weighted by Crippen LogP contribution is 2.31. The lowest BCUT2D eigenvalue weighted by molar-refractivity contribution is 0.605. The lowest BCUT2D eigenvalue weighted by Gasteiger charge is -2.17. The smallest absolute Gasteiger partial charge is 0.123 e. The molecule has 0 bridgehead atoms. The molecule has 2 rings (SSSR count). The molecular weight excluding hydrogens is 313 g/mol. The number of benzene rings is 1. The van der Waals surface area contributed by atoms with E-state index in [9.17, 15) is 4.39 Å². The maximum Gasteiger partial charge on any atom is 0.123 e. The second-order valence-corrected chi connectivity index (χ2v) is 6.69. The summed E-state index contributed by atoms with van der Waals surface area (Å²) in [5, 5.41) is 3.41. The maximum absolute atomic E-state index is 13.5. The number of rotatable bonds is 4. The number of halogens is 2. The van der Waals surface area contributed by atoms with Crippen molar-refractivity contribution in [2.75, 3.05) is 6.54 Å².